The van der Waals surface area contributed by atoms with Gasteiger partial charge in [-0.1, -0.05) is 18.5 Å². The Balaban J connectivity index is 2.14. The molecule has 20 heavy (non-hydrogen) atoms. The highest BCUT2D eigenvalue weighted by Gasteiger charge is 2.37. The lowest BCUT2D eigenvalue weighted by atomic mass is 10.0. The molecule has 0 bridgehead atoms. The van der Waals surface area contributed by atoms with Gasteiger partial charge in [0.05, 0.1) is 22.5 Å². The van der Waals surface area contributed by atoms with Gasteiger partial charge in [0.2, 0.25) is 0 Å². The highest BCUT2D eigenvalue weighted by Crippen LogP contribution is 2.37. The number of likely N-dealkylation sites (N-methyl/N-ethyl adjacent to an activating group) is 1. The minimum atomic E-state index is 0.279. The van der Waals surface area contributed by atoms with Gasteiger partial charge in [0.1, 0.15) is 0 Å². The molecular weight excluding hydrogens is 274 g/mol. The maximum absolute atomic E-state index is 6.46. The van der Waals surface area contributed by atoms with E-state index in [1.54, 1.807) is 0 Å². The van der Waals surface area contributed by atoms with Crippen LogP contribution in [0.3, 0.4) is 0 Å². The zero-order valence-corrected chi connectivity index (χ0v) is 13.7. The summed E-state index contributed by atoms with van der Waals surface area (Å²) in [6.45, 7) is 4.91. The van der Waals surface area contributed by atoms with Crippen molar-refractivity contribution in [1.82, 2.24) is 15.1 Å². The van der Waals surface area contributed by atoms with Crippen LogP contribution in [-0.2, 0) is 24.6 Å². The fourth-order valence-electron chi connectivity index (χ4n) is 2.83. The van der Waals surface area contributed by atoms with Gasteiger partial charge >= 0.3 is 0 Å². The van der Waals surface area contributed by atoms with Crippen molar-refractivity contribution in [3.63, 3.8) is 0 Å². The smallest absolute Gasteiger partial charge is 0.0850 e. The third-order valence-electron chi connectivity index (χ3n) is 4.13. The van der Waals surface area contributed by atoms with Crippen molar-refractivity contribution in [1.29, 1.82) is 0 Å². The molecule has 4 nitrogen and oxygen atoms in total. The largest absolute Gasteiger partial charge is 0.377 e. The van der Waals surface area contributed by atoms with E-state index in [4.69, 9.17) is 16.3 Å². The van der Waals surface area contributed by atoms with Crippen LogP contribution in [0.4, 0.5) is 0 Å². The number of hydrogen-bond acceptors (Lipinski definition) is 3. The lowest BCUT2D eigenvalue weighted by Crippen LogP contribution is -2.43. The minimum Gasteiger partial charge on any atom is -0.377 e. The summed E-state index contributed by atoms with van der Waals surface area (Å²) in [7, 11) is 3.98. The average molecular weight is 300 g/mol. The first-order valence-corrected chi connectivity index (χ1v) is 7.99. The van der Waals surface area contributed by atoms with Crippen molar-refractivity contribution in [3.8, 4) is 0 Å². The lowest BCUT2D eigenvalue weighted by Gasteiger charge is -2.27. The molecule has 2 rings (SSSR count). The summed E-state index contributed by atoms with van der Waals surface area (Å²) < 4.78 is 7.89. The first-order valence-electron chi connectivity index (χ1n) is 7.61. The molecule has 1 heterocycles. The molecule has 1 aliphatic carbocycles. The summed E-state index contributed by atoms with van der Waals surface area (Å²) in [6.07, 6.45) is 4.57. The van der Waals surface area contributed by atoms with Crippen molar-refractivity contribution in [2.75, 3.05) is 13.7 Å². The summed E-state index contributed by atoms with van der Waals surface area (Å²) in [5.74, 6) is 0.699. The van der Waals surface area contributed by atoms with Crippen molar-refractivity contribution in [3.05, 3.63) is 16.4 Å². The van der Waals surface area contributed by atoms with Crippen LogP contribution in [0.25, 0.3) is 0 Å². The Labute approximate surface area is 126 Å². The standard InChI is InChI=1S/C15H26ClN3O/c1-5-11-14(16)13(19(4)18-11)9-12(17-3)15(20-6-2)10-7-8-10/h10,12,15,17H,5-9H2,1-4H3. The molecule has 0 amide bonds. The first kappa shape index (κ1) is 15.8. The molecule has 1 aromatic heterocycles. The normalized spacial score (nSPS) is 18.2. The zero-order chi connectivity index (χ0) is 14.7. The molecular formula is C15H26ClN3O. The van der Waals surface area contributed by atoms with Crippen LogP contribution in [0.5, 0.6) is 0 Å². The van der Waals surface area contributed by atoms with Crippen LogP contribution >= 0.6 is 11.6 Å². The van der Waals surface area contributed by atoms with E-state index in [9.17, 15) is 0 Å². The molecule has 0 saturated heterocycles. The monoisotopic (exact) mass is 299 g/mol. The maximum atomic E-state index is 6.46. The van der Waals surface area contributed by atoms with Crippen molar-refractivity contribution in [2.45, 2.75) is 51.7 Å². The van der Waals surface area contributed by atoms with E-state index in [2.05, 4.69) is 24.3 Å². The number of ether oxygens (including phenoxy) is 1. The second-order valence-electron chi connectivity index (χ2n) is 5.54. The molecule has 1 saturated carbocycles. The van der Waals surface area contributed by atoms with Crippen LogP contribution in [0.2, 0.25) is 5.02 Å². The van der Waals surface area contributed by atoms with Crippen LogP contribution in [0.15, 0.2) is 0 Å². The highest BCUT2D eigenvalue weighted by molar-refractivity contribution is 6.31. The summed E-state index contributed by atoms with van der Waals surface area (Å²) in [5.41, 5.74) is 2.09. The fraction of sp³-hybridized carbons (Fsp3) is 0.800. The molecule has 2 atom stereocenters. The third kappa shape index (κ3) is 3.35. The van der Waals surface area contributed by atoms with Gasteiger partial charge in [-0.25, -0.2) is 0 Å². The molecule has 0 spiro atoms. The van der Waals surface area contributed by atoms with Crippen LogP contribution in [0.1, 0.15) is 38.1 Å². The maximum Gasteiger partial charge on any atom is 0.0850 e. The lowest BCUT2D eigenvalue weighted by molar-refractivity contribution is 0.0207. The van der Waals surface area contributed by atoms with Gasteiger partial charge in [-0.15, -0.1) is 0 Å². The van der Waals surface area contributed by atoms with Gasteiger partial charge in [0.25, 0.3) is 0 Å². The summed E-state index contributed by atoms with van der Waals surface area (Å²) in [6, 6.07) is 0.292. The second kappa shape index (κ2) is 6.92. The Morgan fingerprint density at radius 3 is 2.60 bits per heavy atom. The Morgan fingerprint density at radius 1 is 1.45 bits per heavy atom. The van der Waals surface area contributed by atoms with Gasteiger partial charge < -0.3 is 10.1 Å². The summed E-state index contributed by atoms with van der Waals surface area (Å²) in [4.78, 5) is 0. The Kier molecular flexibility index (Phi) is 5.47. The highest BCUT2D eigenvalue weighted by atomic mass is 35.5. The number of hydrogen-bond donors (Lipinski definition) is 1. The van der Waals surface area contributed by atoms with E-state index in [-0.39, 0.29) is 6.10 Å². The zero-order valence-electron chi connectivity index (χ0n) is 12.9. The van der Waals surface area contributed by atoms with Crippen LogP contribution in [0, 0.1) is 5.92 Å². The quantitative estimate of drug-likeness (QED) is 0.802. The Hall–Kier alpha value is -0.580. The molecule has 1 N–H and O–H groups in total. The van der Waals surface area contributed by atoms with Gasteiger partial charge in [-0.2, -0.15) is 5.10 Å². The predicted molar refractivity (Wildman–Crippen MR) is 82.3 cm³/mol. The van der Waals surface area contributed by atoms with Gasteiger partial charge in [0.15, 0.2) is 0 Å². The van der Waals surface area contributed by atoms with Gasteiger partial charge in [-0.05, 0) is 39.2 Å². The molecule has 0 aliphatic heterocycles. The van der Waals surface area contributed by atoms with E-state index in [1.165, 1.54) is 12.8 Å². The minimum absolute atomic E-state index is 0.279. The number of rotatable bonds is 8. The first-order chi connectivity index (χ1) is 9.62. The summed E-state index contributed by atoms with van der Waals surface area (Å²) in [5, 5.41) is 8.73. The van der Waals surface area contributed by atoms with Gasteiger partial charge in [-0.3, -0.25) is 4.68 Å². The molecule has 1 aliphatic rings. The number of nitrogens with zero attached hydrogens (tertiary/aromatic N) is 2. The molecule has 5 heteroatoms. The van der Waals surface area contributed by atoms with E-state index in [0.717, 1.165) is 35.9 Å². The third-order valence-corrected chi connectivity index (χ3v) is 4.57. The molecule has 1 aromatic rings. The average Bonchev–Trinajstić information content (AvgIpc) is 3.24. The SMILES string of the molecule is CCOC(C1CC1)C(Cc1c(Cl)c(CC)nn1C)NC. The Morgan fingerprint density at radius 2 is 2.15 bits per heavy atom. The number of aryl methyl sites for hydroxylation is 2. The molecule has 1 fully saturated rings. The second-order valence-corrected chi connectivity index (χ2v) is 5.92. The number of aromatic nitrogens is 2. The fourth-order valence-corrected chi connectivity index (χ4v) is 3.20. The predicted octanol–water partition coefficient (Wildman–Crippen LogP) is 2.58. The molecule has 0 radical (unpaired) electrons. The molecule has 0 aromatic carbocycles. The Bertz CT molecular complexity index is 443. The van der Waals surface area contributed by atoms with E-state index in [0.29, 0.717) is 12.0 Å². The van der Waals surface area contributed by atoms with E-state index in [1.807, 2.05) is 18.8 Å². The van der Waals surface area contributed by atoms with Crippen molar-refractivity contribution in [2.24, 2.45) is 13.0 Å². The topological polar surface area (TPSA) is 39.1 Å². The van der Waals surface area contributed by atoms with Crippen LogP contribution < -0.4 is 5.32 Å². The number of nitrogens with one attached hydrogen (secondary N) is 1. The van der Waals surface area contributed by atoms with Gasteiger partial charge in [0, 0.05) is 26.1 Å². The molecule has 2 unspecified atom stereocenters. The van der Waals surface area contributed by atoms with Crippen LogP contribution in [-0.4, -0.2) is 35.6 Å². The van der Waals surface area contributed by atoms with Crippen molar-refractivity contribution < 1.29 is 4.74 Å². The number of halogens is 1. The van der Waals surface area contributed by atoms with E-state index < -0.39 is 0 Å². The molecule has 114 valence electrons. The van der Waals surface area contributed by atoms with Crippen molar-refractivity contribution >= 4 is 11.6 Å². The summed E-state index contributed by atoms with van der Waals surface area (Å²) >= 11 is 6.46. The van der Waals surface area contributed by atoms with E-state index >= 15 is 0 Å².